The van der Waals surface area contributed by atoms with Crippen LogP contribution in [-0.2, 0) is 4.74 Å². The van der Waals surface area contributed by atoms with Crippen molar-refractivity contribution in [1.29, 1.82) is 0 Å². The van der Waals surface area contributed by atoms with Crippen LogP contribution in [0.15, 0.2) is 0 Å². The van der Waals surface area contributed by atoms with Crippen molar-refractivity contribution in [3.63, 3.8) is 0 Å². The van der Waals surface area contributed by atoms with E-state index >= 15 is 0 Å². The van der Waals surface area contributed by atoms with Gasteiger partial charge in [-0.1, -0.05) is 13.8 Å². The van der Waals surface area contributed by atoms with Crippen LogP contribution in [0.1, 0.15) is 27.2 Å². The molecule has 15 heavy (non-hydrogen) atoms. The van der Waals surface area contributed by atoms with Crippen molar-refractivity contribution < 1.29 is 9.84 Å². The summed E-state index contributed by atoms with van der Waals surface area (Å²) < 4.78 is 4.98. The van der Waals surface area contributed by atoms with Gasteiger partial charge in [-0.15, -0.1) is 0 Å². The fourth-order valence-electron chi connectivity index (χ4n) is 1.44. The lowest BCUT2D eigenvalue weighted by Crippen LogP contribution is -2.49. The number of methoxy groups -OCH3 is 1. The summed E-state index contributed by atoms with van der Waals surface area (Å²) in [5.41, 5.74) is -0.145. The summed E-state index contributed by atoms with van der Waals surface area (Å²) in [6.07, 6.45) is 0.982. The fraction of sp³-hybridized carbons (Fsp3) is 1.00. The van der Waals surface area contributed by atoms with Crippen molar-refractivity contribution in [2.45, 2.75) is 38.8 Å². The first-order valence-corrected chi connectivity index (χ1v) is 6.65. The van der Waals surface area contributed by atoms with Crippen LogP contribution in [0.3, 0.4) is 0 Å². The van der Waals surface area contributed by atoms with Gasteiger partial charge in [-0.05, 0) is 19.1 Å². The molecule has 0 aromatic heterocycles. The molecular formula is C11H25NO2S. The lowest BCUT2D eigenvalue weighted by Gasteiger charge is -2.31. The number of hydrogen-bond acceptors (Lipinski definition) is 4. The Morgan fingerprint density at radius 3 is 2.53 bits per heavy atom. The van der Waals surface area contributed by atoms with Gasteiger partial charge in [-0.2, -0.15) is 11.8 Å². The molecular weight excluding hydrogens is 210 g/mol. The maximum absolute atomic E-state index is 9.34. The third-order valence-corrected chi connectivity index (χ3v) is 3.16. The number of nitrogens with one attached hydrogen (secondary N) is 1. The molecule has 0 rings (SSSR count). The molecule has 0 fully saturated rings. The molecule has 0 aliphatic heterocycles. The Morgan fingerprint density at radius 1 is 1.40 bits per heavy atom. The third kappa shape index (κ3) is 8.08. The lowest BCUT2D eigenvalue weighted by molar-refractivity contribution is 0.162. The normalized spacial score (nSPS) is 15.6. The summed E-state index contributed by atoms with van der Waals surface area (Å²) >= 11 is 1.87. The van der Waals surface area contributed by atoms with Gasteiger partial charge < -0.3 is 15.2 Å². The second kappa shape index (κ2) is 8.39. The van der Waals surface area contributed by atoms with Gasteiger partial charge in [0.05, 0.1) is 13.2 Å². The molecule has 0 heterocycles. The van der Waals surface area contributed by atoms with Crippen LogP contribution in [0.5, 0.6) is 0 Å². The fourth-order valence-corrected chi connectivity index (χ4v) is 2.52. The van der Waals surface area contributed by atoms with Crippen molar-refractivity contribution >= 4 is 11.8 Å². The zero-order valence-corrected chi connectivity index (χ0v) is 11.2. The Balaban J connectivity index is 3.68. The second-order valence-electron chi connectivity index (χ2n) is 4.37. The Bertz CT molecular complexity index is 156. The number of aliphatic hydroxyl groups is 1. The minimum atomic E-state index is -0.145. The smallest absolute Gasteiger partial charge is 0.0610 e. The van der Waals surface area contributed by atoms with Crippen molar-refractivity contribution in [3.8, 4) is 0 Å². The van der Waals surface area contributed by atoms with E-state index in [9.17, 15) is 5.11 Å². The first-order chi connectivity index (χ1) is 7.04. The van der Waals surface area contributed by atoms with E-state index in [-0.39, 0.29) is 12.1 Å². The average Bonchev–Trinajstić information content (AvgIpc) is 2.16. The monoisotopic (exact) mass is 235 g/mol. The summed E-state index contributed by atoms with van der Waals surface area (Å²) in [5, 5.41) is 12.7. The molecule has 0 aromatic rings. The first kappa shape index (κ1) is 15.2. The van der Waals surface area contributed by atoms with Crippen LogP contribution in [0.25, 0.3) is 0 Å². The first-order valence-electron chi connectivity index (χ1n) is 5.49. The molecule has 0 amide bonds. The highest BCUT2D eigenvalue weighted by molar-refractivity contribution is 7.99. The van der Waals surface area contributed by atoms with Gasteiger partial charge in [-0.25, -0.2) is 0 Å². The number of aliphatic hydroxyl groups excluding tert-OH is 1. The molecule has 0 aromatic carbocycles. The summed E-state index contributed by atoms with van der Waals surface area (Å²) in [6.45, 7) is 7.27. The second-order valence-corrected chi connectivity index (χ2v) is 5.60. The van der Waals surface area contributed by atoms with Gasteiger partial charge in [0.15, 0.2) is 0 Å². The average molecular weight is 235 g/mol. The minimum absolute atomic E-state index is 0.145. The molecule has 1 unspecified atom stereocenters. The van der Waals surface area contributed by atoms with E-state index in [1.54, 1.807) is 7.11 Å². The van der Waals surface area contributed by atoms with Gasteiger partial charge in [0.2, 0.25) is 0 Å². The summed E-state index contributed by atoms with van der Waals surface area (Å²) in [6, 6.07) is 0.408. The van der Waals surface area contributed by atoms with E-state index in [4.69, 9.17) is 4.74 Å². The van der Waals surface area contributed by atoms with Crippen LogP contribution in [-0.4, -0.2) is 48.5 Å². The predicted octanol–water partition coefficient (Wildman–Crippen LogP) is 1.51. The molecule has 0 saturated carbocycles. The molecule has 0 saturated heterocycles. The Kier molecular flexibility index (Phi) is 8.52. The number of thioether (sulfide) groups is 1. The zero-order chi connectivity index (χ0) is 11.7. The highest BCUT2D eigenvalue weighted by Gasteiger charge is 2.22. The van der Waals surface area contributed by atoms with Crippen LogP contribution < -0.4 is 5.32 Å². The summed E-state index contributed by atoms with van der Waals surface area (Å²) in [4.78, 5) is 0. The predicted molar refractivity (Wildman–Crippen MR) is 67.6 cm³/mol. The molecule has 0 radical (unpaired) electrons. The lowest BCUT2D eigenvalue weighted by atomic mass is 9.99. The van der Waals surface area contributed by atoms with Crippen molar-refractivity contribution in [2.75, 3.05) is 31.8 Å². The van der Waals surface area contributed by atoms with Gasteiger partial charge in [0, 0.05) is 24.4 Å². The van der Waals surface area contributed by atoms with Crippen LogP contribution in [0.2, 0.25) is 0 Å². The van der Waals surface area contributed by atoms with Gasteiger partial charge >= 0.3 is 0 Å². The van der Waals surface area contributed by atoms with Crippen LogP contribution in [0.4, 0.5) is 0 Å². The molecule has 0 aliphatic carbocycles. The summed E-state index contributed by atoms with van der Waals surface area (Å²) in [5.74, 6) is 2.08. The zero-order valence-electron chi connectivity index (χ0n) is 10.4. The standard InChI is InChI=1S/C11H25NO2S/c1-10(2)12-11(3,9-13)5-7-15-8-6-14-4/h10,12-13H,5-9H2,1-4H3. The van der Waals surface area contributed by atoms with Gasteiger partial charge in [0.1, 0.15) is 0 Å². The highest BCUT2D eigenvalue weighted by atomic mass is 32.2. The Hall–Kier alpha value is 0.230. The molecule has 4 heteroatoms. The summed E-state index contributed by atoms with van der Waals surface area (Å²) in [7, 11) is 1.72. The molecule has 2 N–H and O–H groups in total. The molecule has 0 spiro atoms. The van der Waals surface area contributed by atoms with E-state index in [0.717, 1.165) is 24.5 Å². The van der Waals surface area contributed by atoms with E-state index < -0.39 is 0 Å². The highest BCUT2D eigenvalue weighted by Crippen LogP contribution is 2.14. The molecule has 0 bridgehead atoms. The Morgan fingerprint density at radius 2 is 2.07 bits per heavy atom. The van der Waals surface area contributed by atoms with Crippen molar-refractivity contribution in [2.24, 2.45) is 0 Å². The van der Waals surface area contributed by atoms with Crippen LogP contribution >= 0.6 is 11.8 Å². The number of hydrogen-bond donors (Lipinski definition) is 2. The van der Waals surface area contributed by atoms with Gasteiger partial charge in [0.25, 0.3) is 0 Å². The molecule has 0 aliphatic rings. The van der Waals surface area contributed by atoms with E-state index in [1.807, 2.05) is 11.8 Å². The topological polar surface area (TPSA) is 41.5 Å². The van der Waals surface area contributed by atoms with Crippen molar-refractivity contribution in [3.05, 3.63) is 0 Å². The maximum atomic E-state index is 9.34. The van der Waals surface area contributed by atoms with Crippen molar-refractivity contribution in [1.82, 2.24) is 5.32 Å². The SMILES string of the molecule is COCCSCCC(C)(CO)NC(C)C. The maximum Gasteiger partial charge on any atom is 0.0610 e. The number of rotatable bonds is 9. The number of ether oxygens (including phenoxy) is 1. The third-order valence-electron chi connectivity index (χ3n) is 2.22. The van der Waals surface area contributed by atoms with E-state index in [1.165, 1.54) is 0 Å². The molecule has 1 atom stereocenters. The van der Waals surface area contributed by atoms with E-state index in [0.29, 0.717) is 6.04 Å². The Labute approximate surface area is 98.0 Å². The van der Waals surface area contributed by atoms with Crippen LogP contribution in [0, 0.1) is 0 Å². The minimum Gasteiger partial charge on any atom is -0.394 e. The van der Waals surface area contributed by atoms with E-state index in [2.05, 4.69) is 26.1 Å². The molecule has 3 nitrogen and oxygen atoms in total. The molecule has 92 valence electrons. The largest absolute Gasteiger partial charge is 0.394 e. The van der Waals surface area contributed by atoms with Gasteiger partial charge in [-0.3, -0.25) is 0 Å². The quantitative estimate of drug-likeness (QED) is 0.594.